The number of hydrogen-bond donors (Lipinski definition) is 0. The molecule has 1 fully saturated rings. The van der Waals surface area contributed by atoms with Gasteiger partial charge < -0.3 is 19.3 Å². The van der Waals surface area contributed by atoms with Crippen LogP contribution in [-0.4, -0.2) is 72.6 Å². The molecular weight excluding hydrogens is 376 g/mol. The number of benzene rings is 1. The highest BCUT2D eigenvalue weighted by molar-refractivity contribution is 6.32. The number of anilines is 1. The number of aryl methyl sites for hydroxylation is 2. The number of carbonyl (C=O) groups is 3. The van der Waals surface area contributed by atoms with Gasteiger partial charge in [0.1, 0.15) is 0 Å². The van der Waals surface area contributed by atoms with E-state index in [0.29, 0.717) is 43.0 Å². The maximum absolute atomic E-state index is 12.5. The Morgan fingerprint density at radius 1 is 1.00 bits per heavy atom. The van der Waals surface area contributed by atoms with Crippen molar-refractivity contribution in [2.45, 2.75) is 20.8 Å². The molecule has 0 saturated carbocycles. The van der Waals surface area contributed by atoms with Gasteiger partial charge in [-0.3, -0.25) is 4.79 Å². The van der Waals surface area contributed by atoms with Gasteiger partial charge >= 0.3 is 17.8 Å². The molecule has 1 aromatic heterocycles. The number of nitrogens with zero attached hydrogens (tertiary/aromatic N) is 4. The molecule has 9 nitrogen and oxygen atoms in total. The zero-order valence-corrected chi connectivity index (χ0v) is 17.0. The molecule has 9 heteroatoms. The van der Waals surface area contributed by atoms with Crippen molar-refractivity contribution in [3.8, 4) is 0 Å². The van der Waals surface area contributed by atoms with Crippen LogP contribution in [0.2, 0.25) is 0 Å². The summed E-state index contributed by atoms with van der Waals surface area (Å²) in [5.41, 5.74) is 3.60. The van der Waals surface area contributed by atoms with Gasteiger partial charge in [-0.1, -0.05) is 0 Å². The van der Waals surface area contributed by atoms with Crippen molar-refractivity contribution in [2.75, 3.05) is 44.8 Å². The Kier molecular flexibility index (Phi) is 5.95. The molecule has 0 spiro atoms. The van der Waals surface area contributed by atoms with E-state index in [1.54, 1.807) is 6.92 Å². The van der Waals surface area contributed by atoms with E-state index in [1.807, 2.05) is 30.9 Å². The van der Waals surface area contributed by atoms with E-state index in [2.05, 4.69) is 9.72 Å². The summed E-state index contributed by atoms with van der Waals surface area (Å²) in [6.07, 6.45) is 0. The molecule has 154 valence electrons. The zero-order valence-electron chi connectivity index (χ0n) is 17.0. The second-order valence-electron chi connectivity index (χ2n) is 6.81. The van der Waals surface area contributed by atoms with Gasteiger partial charge in [-0.05, 0) is 44.0 Å². The van der Waals surface area contributed by atoms with E-state index in [4.69, 9.17) is 9.72 Å². The van der Waals surface area contributed by atoms with Gasteiger partial charge in [-0.15, -0.1) is 0 Å². The molecule has 0 N–H and O–H groups in total. The van der Waals surface area contributed by atoms with Crippen molar-refractivity contribution in [1.82, 2.24) is 14.9 Å². The van der Waals surface area contributed by atoms with Gasteiger partial charge in [-0.2, -0.15) is 0 Å². The molecule has 0 atom stereocenters. The summed E-state index contributed by atoms with van der Waals surface area (Å²) in [6, 6.07) is 3.84. The fraction of sp³-hybridized carbons (Fsp3) is 0.450. The van der Waals surface area contributed by atoms with Crippen molar-refractivity contribution in [1.29, 1.82) is 0 Å². The van der Waals surface area contributed by atoms with Gasteiger partial charge in [-0.25, -0.2) is 19.6 Å². The van der Waals surface area contributed by atoms with E-state index in [1.165, 1.54) is 12.0 Å². The van der Waals surface area contributed by atoms with E-state index >= 15 is 0 Å². The van der Waals surface area contributed by atoms with Crippen molar-refractivity contribution >= 4 is 34.7 Å². The molecule has 3 rings (SSSR count). The minimum absolute atomic E-state index is 0.148. The zero-order chi connectivity index (χ0) is 21.1. The molecular formula is C20H24N4O5. The predicted octanol–water partition coefficient (Wildman–Crippen LogP) is 1.24. The van der Waals surface area contributed by atoms with Gasteiger partial charge in [0.2, 0.25) is 0 Å². The molecule has 29 heavy (non-hydrogen) atoms. The van der Waals surface area contributed by atoms with Crippen LogP contribution in [0.5, 0.6) is 0 Å². The Bertz CT molecular complexity index is 967. The highest BCUT2D eigenvalue weighted by Gasteiger charge is 2.30. The van der Waals surface area contributed by atoms with Crippen molar-refractivity contribution in [3.05, 3.63) is 29.0 Å². The molecule has 1 saturated heterocycles. The van der Waals surface area contributed by atoms with Crippen LogP contribution in [-0.2, 0) is 19.1 Å². The van der Waals surface area contributed by atoms with Gasteiger partial charge in [0.15, 0.2) is 11.5 Å². The normalized spacial score (nSPS) is 14.1. The number of amides is 1. The molecule has 0 bridgehead atoms. The quantitative estimate of drug-likeness (QED) is 0.560. The first kappa shape index (κ1) is 20.5. The van der Waals surface area contributed by atoms with E-state index < -0.39 is 17.8 Å². The SMILES string of the molecule is CCOC(=O)c1nc2cc(C)c(C)cc2nc1N1CCN(C(=O)C(=O)OC)CC1. The van der Waals surface area contributed by atoms with Crippen LogP contribution in [0.15, 0.2) is 12.1 Å². The minimum Gasteiger partial charge on any atom is -0.462 e. The third-order valence-corrected chi connectivity index (χ3v) is 4.96. The molecule has 0 unspecified atom stereocenters. The lowest BCUT2D eigenvalue weighted by atomic mass is 10.1. The van der Waals surface area contributed by atoms with Crippen molar-refractivity contribution in [2.24, 2.45) is 0 Å². The second kappa shape index (κ2) is 8.42. The molecule has 2 heterocycles. The predicted molar refractivity (Wildman–Crippen MR) is 106 cm³/mol. The fourth-order valence-corrected chi connectivity index (χ4v) is 3.20. The Morgan fingerprint density at radius 2 is 1.59 bits per heavy atom. The van der Waals surface area contributed by atoms with Crippen LogP contribution in [0.1, 0.15) is 28.5 Å². The van der Waals surface area contributed by atoms with Crippen LogP contribution in [0.3, 0.4) is 0 Å². The summed E-state index contributed by atoms with van der Waals surface area (Å²) in [4.78, 5) is 48.5. The average molecular weight is 400 g/mol. The van der Waals surface area contributed by atoms with Gasteiger partial charge in [0.05, 0.1) is 24.8 Å². The Morgan fingerprint density at radius 3 is 2.14 bits per heavy atom. The molecule has 0 radical (unpaired) electrons. The molecule has 1 aliphatic rings. The number of hydrogen-bond acceptors (Lipinski definition) is 8. The Balaban J connectivity index is 1.94. The molecule has 1 aromatic carbocycles. The number of rotatable bonds is 3. The first-order valence-corrected chi connectivity index (χ1v) is 9.44. The monoisotopic (exact) mass is 400 g/mol. The van der Waals surface area contributed by atoms with E-state index in [0.717, 1.165) is 11.1 Å². The number of carbonyl (C=O) groups excluding carboxylic acids is 3. The smallest absolute Gasteiger partial charge is 0.396 e. The van der Waals surface area contributed by atoms with Crippen LogP contribution in [0.25, 0.3) is 11.0 Å². The number of esters is 2. The van der Waals surface area contributed by atoms with Crippen LogP contribution in [0.4, 0.5) is 5.82 Å². The third kappa shape index (κ3) is 4.13. The summed E-state index contributed by atoms with van der Waals surface area (Å²) < 4.78 is 9.67. The standard InChI is InChI=1S/C20H24N4O5/c1-5-29-19(26)16-17(22-15-11-13(3)12(2)10-14(15)21-16)23-6-8-24(9-7-23)18(25)20(27)28-4/h10-11H,5-9H2,1-4H3. The lowest BCUT2D eigenvalue weighted by Gasteiger charge is -2.35. The summed E-state index contributed by atoms with van der Waals surface area (Å²) in [7, 11) is 1.18. The number of aromatic nitrogens is 2. The highest BCUT2D eigenvalue weighted by atomic mass is 16.5. The fourth-order valence-electron chi connectivity index (χ4n) is 3.20. The van der Waals surface area contributed by atoms with Gasteiger partial charge in [0, 0.05) is 26.2 Å². The summed E-state index contributed by atoms with van der Waals surface area (Å²) in [5, 5.41) is 0. The van der Waals surface area contributed by atoms with Gasteiger partial charge in [0.25, 0.3) is 0 Å². The number of ether oxygens (including phenoxy) is 2. The largest absolute Gasteiger partial charge is 0.462 e. The van der Waals surface area contributed by atoms with E-state index in [-0.39, 0.29) is 12.3 Å². The third-order valence-electron chi connectivity index (χ3n) is 4.96. The van der Waals surface area contributed by atoms with Crippen molar-refractivity contribution < 1.29 is 23.9 Å². The van der Waals surface area contributed by atoms with Crippen LogP contribution < -0.4 is 4.90 Å². The van der Waals surface area contributed by atoms with Crippen LogP contribution >= 0.6 is 0 Å². The number of piperazine rings is 1. The molecule has 2 aromatic rings. The van der Waals surface area contributed by atoms with Crippen LogP contribution in [0, 0.1) is 13.8 Å². The second-order valence-corrected chi connectivity index (χ2v) is 6.81. The average Bonchev–Trinajstić information content (AvgIpc) is 2.73. The first-order valence-electron chi connectivity index (χ1n) is 9.44. The first-order chi connectivity index (χ1) is 13.8. The number of methoxy groups -OCH3 is 1. The van der Waals surface area contributed by atoms with Crippen molar-refractivity contribution in [3.63, 3.8) is 0 Å². The highest BCUT2D eigenvalue weighted by Crippen LogP contribution is 2.25. The Hall–Kier alpha value is -3.23. The topological polar surface area (TPSA) is 102 Å². The molecule has 0 aliphatic carbocycles. The molecule has 1 aliphatic heterocycles. The summed E-state index contributed by atoms with van der Waals surface area (Å²) in [5.74, 6) is -1.68. The van der Waals surface area contributed by atoms with E-state index in [9.17, 15) is 14.4 Å². The lowest BCUT2D eigenvalue weighted by molar-refractivity contribution is -0.158. The summed E-state index contributed by atoms with van der Waals surface area (Å²) in [6.45, 7) is 7.35. The Labute approximate surface area is 168 Å². The maximum atomic E-state index is 12.5. The maximum Gasteiger partial charge on any atom is 0.396 e. The molecule has 1 amide bonds. The minimum atomic E-state index is -0.887. The summed E-state index contributed by atoms with van der Waals surface area (Å²) >= 11 is 0. The lowest BCUT2D eigenvalue weighted by Crippen LogP contribution is -2.51. The number of fused-ring (bicyclic) bond motifs is 1.